The normalized spacial score (nSPS) is 12.9. The summed E-state index contributed by atoms with van der Waals surface area (Å²) in [6, 6.07) is 26.0. The largest absolute Gasteiger partial charge is 0.352 e. The van der Waals surface area contributed by atoms with E-state index < -0.39 is 0 Å². The van der Waals surface area contributed by atoms with Crippen molar-refractivity contribution in [1.82, 2.24) is 5.32 Å². The Bertz CT molecular complexity index is 1040. The van der Waals surface area contributed by atoms with E-state index in [1.165, 1.54) is 5.56 Å². The van der Waals surface area contributed by atoms with Crippen LogP contribution in [0.25, 0.3) is 0 Å². The van der Waals surface area contributed by atoms with E-state index in [-0.39, 0.29) is 17.7 Å². The molecule has 0 radical (unpaired) electrons. The molecule has 1 N–H and O–H groups in total. The lowest BCUT2D eigenvalue weighted by Gasteiger charge is -2.23. The Morgan fingerprint density at radius 3 is 2.26 bits per heavy atom. The van der Waals surface area contributed by atoms with Crippen LogP contribution in [0.5, 0.6) is 0 Å². The van der Waals surface area contributed by atoms with E-state index in [4.69, 9.17) is 0 Å². The number of benzene rings is 3. The van der Waals surface area contributed by atoms with Crippen molar-refractivity contribution in [2.45, 2.75) is 39.3 Å². The number of carbonyl (C=O) groups excluding carboxylic acids is 2. The van der Waals surface area contributed by atoms with Crippen LogP contribution in [0, 0.1) is 12.8 Å². The summed E-state index contributed by atoms with van der Waals surface area (Å²) in [7, 11) is 0. The maximum Gasteiger partial charge on any atom is 0.230 e. The van der Waals surface area contributed by atoms with Gasteiger partial charge in [-0.05, 0) is 48.6 Å². The quantitative estimate of drug-likeness (QED) is 0.578. The minimum absolute atomic E-state index is 0.0118. The third-order valence-electron chi connectivity index (χ3n) is 5.56. The lowest BCUT2D eigenvalue weighted by Crippen LogP contribution is -2.31. The van der Waals surface area contributed by atoms with Gasteiger partial charge < -0.3 is 10.2 Å². The van der Waals surface area contributed by atoms with Gasteiger partial charge in [0.1, 0.15) is 0 Å². The van der Waals surface area contributed by atoms with Gasteiger partial charge in [-0.3, -0.25) is 9.59 Å². The summed E-state index contributed by atoms with van der Waals surface area (Å²) in [6.45, 7) is 3.15. The van der Waals surface area contributed by atoms with Gasteiger partial charge in [0.2, 0.25) is 11.8 Å². The highest BCUT2D eigenvalue weighted by atomic mass is 16.2. The summed E-state index contributed by atoms with van der Waals surface area (Å²) in [5.41, 5.74) is 5.21. The van der Waals surface area contributed by atoms with Gasteiger partial charge in [0.05, 0.1) is 13.0 Å². The first-order chi connectivity index (χ1) is 15.1. The van der Waals surface area contributed by atoms with Gasteiger partial charge in [0.15, 0.2) is 0 Å². The molecule has 3 aromatic rings. The maximum absolute atomic E-state index is 12.9. The summed E-state index contributed by atoms with van der Waals surface area (Å²) in [4.78, 5) is 27.1. The molecule has 1 aliphatic rings. The van der Waals surface area contributed by atoms with Crippen molar-refractivity contribution in [2.75, 3.05) is 4.90 Å². The molecule has 4 rings (SSSR count). The van der Waals surface area contributed by atoms with Gasteiger partial charge in [-0.15, -0.1) is 0 Å². The van der Waals surface area contributed by atoms with Gasteiger partial charge in [0, 0.05) is 18.2 Å². The molecule has 0 aliphatic heterocycles. The molecule has 0 unspecified atom stereocenters. The smallest absolute Gasteiger partial charge is 0.230 e. The average Bonchev–Trinajstić information content (AvgIpc) is 3.63. The van der Waals surface area contributed by atoms with Gasteiger partial charge >= 0.3 is 0 Å². The van der Waals surface area contributed by atoms with Crippen LogP contribution >= 0.6 is 0 Å². The van der Waals surface area contributed by atoms with E-state index in [9.17, 15) is 9.59 Å². The van der Waals surface area contributed by atoms with Crippen LogP contribution in [0.2, 0.25) is 0 Å². The fourth-order valence-electron chi connectivity index (χ4n) is 3.68. The zero-order chi connectivity index (χ0) is 21.6. The summed E-state index contributed by atoms with van der Waals surface area (Å²) in [6.07, 6.45) is 2.27. The van der Waals surface area contributed by atoms with Crippen molar-refractivity contribution in [3.05, 3.63) is 101 Å². The van der Waals surface area contributed by atoms with Gasteiger partial charge in [-0.25, -0.2) is 0 Å². The molecular formula is C27H28N2O2. The minimum Gasteiger partial charge on any atom is -0.352 e. The SMILES string of the molecule is Cc1cccc(CN(C(=O)C2CC2)c2ccc(CC(=O)NCc3ccccc3)cc2)c1. The second-order valence-electron chi connectivity index (χ2n) is 8.29. The average molecular weight is 413 g/mol. The first-order valence-electron chi connectivity index (χ1n) is 10.8. The Morgan fingerprint density at radius 2 is 1.58 bits per heavy atom. The molecule has 0 aromatic heterocycles. The van der Waals surface area contributed by atoms with E-state index in [0.717, 1.165) is 35.2 Å². The van der Waals surface area contributed by atoms with Crippen molar-refractivity contribution >= 4 is 17.5 Å². The molecule has 0 saturated heterocycles. The van der Waals surface area contributed by atoms with Crippen molar-refractivity contribution < 1.29 is 9.59 Å². The van der Waals surface area contributed by atoms with Crippen LogP contribution in [0.3, 0.4) is 0 Å². The second kappa shape index (κ2) is 9.61. The molecule has 3 aromatic carbocycles. The van der Waals surface area contributed by atoms with E-state index in [1.54, 1.807) is 0 Å². The molecule has 0 bridgehead atoms. The number of anilines is 1. The molecule has 0 atom stereocenters. The summed E-state index contributed by atoms with van der Waals surface area (Å²) < 4.78 is 0. The number of hydrogen-bond donors (Lipinski definition) is 1. The highest BCUT2D eigenvalue weighted by molar-refractivity contribution is 5.96. The molecule has 2 amide bonds. The van der Waals surface area contributed by atoms with Crippen LogP contribution in [-0.4, -0.2) is 11.8 Å². The molecule has 31 heavy (non-hydrogen) atoms. The molecule has 158 valence electrons. The maximum atomic E-state index is 12.9. The Labute approximate surface area is 183 Å². The van der Waals surface area contributed by atoms with E-state index >= 15 is 0 Å². The summed E-state index contributed by atoms with van der Waals surface area (Å²) in [5.74, 6) is 0.324. The number of nitrogens with zero attached hydrogens (tertiary/aromatic N) is 1. The Balaban J connectivity index is 1.41. The zero-order valence-corrected chi connectivity index (χ0v) is 17.9. The van der Waals surface area contributed by atoms with Crippen molar-refractivity contribution in [3.63, 3.8) is 0 Å². The molecule has 0 heterocycles. The number of aryl methyl sites for hydroxylation is 1. The fourth-order valence-corrected chi connectivity index (χ4v) is 3.68. The lowest BCUT2D eigenvalue weighted by atomic mass is 10.1. The van der Waals surface area contributed by atoms with Gasteiger partial charge in [0.25, 0.3) is 0 Å². The molecule has 4 heteroatoms. The monoisotopic (exact) mass is 412 g/mol. The van der Waals surface area contributed by atoms with Crippen LogP contribution in [-0.2, 0) is 29.1 Å². The Kier molecular flexibility index (Phi) is 6.46. The summed E-state index contributed by atoms with van der Waals surface area (Å²) >= 11 is 0. The highest BCUT2D eigenvalue weighted by Gasteiger charge is 2.34. The number of hydrogen-bond acceptors (Lipinski definition) is 2. The molecule has 1 saturated carbocycles. The van der Waals surface area contributed by atoms with Crippen molar-refractivity contribution in [3.8, 4) is 0 Å². The van der Waals surface area contributed by atoms with Crippen LogP contribution < -0.4 is 10.2 Å². The first-order valence-corrected chi connectivity index (χ1v) is 10.8. The number of nitrogens with one attached hydrogen (secondary N) is 1. The van der Waals surface area contributed by atoms with Gasteiger partial charge in [-0.2, -0.15) is 0 Å². The van der Waals surface area contributed by atoms with E-state index in [1.807, 2.05) is 65.6 Å². The topological polar surface area (TPSA) is 49.4 Å². The van der Waals surface area contributed by atoms with Crippen LogP contribution in [0.1, 0.15) is 35.1 Å². The molecule has 1 fully saturated rings. The highest BCUT2D eigenvalue weighted by Crippen LogP contribution is 2.33. The third kappa shape index (κ3) is 5.82. The lowest BCUT2D eigenvalue weighted by molar-refractivity contribution is -0.121. The molecular weight excluding hydrogens is 384 g/mol. The van der Waals surface area contributed by atoms with Gasteiger partial charge in [-0.1, -0.05) is 72.3 Å². The van der Waals surface area contributed by atoms with Crippen molar-refractivity contribution in [2.24, 2.45) is 5.92 Å². The Hall–Kier alpha value is -3.40. The third-order valence-corrected chi connectivity index (χ3v) is 5.56. The number of carbonyl (C=O) groups is 2. The minimum atomic E-state index is -0.0118. The number of rotatable bonds is 8. The molecule has 4 nitrogen and oxygen atoms in total. The second-order valence-corrected chi connectivity index (χ2v) is 8.29. The van der Waals surface area contributed by atoms with Crippen LogP contribution in [0.15, 0.2) is 78.9 Å². The van der Waals surface area contributed by atoms with Crippen LogP contribution in [0.4, 0.5) is 5.69 Å². The molecule has 1 aliphatic carbocycles. The van der Waals surface area contributed by atoms with E-state index in [0.29, 0.717) is 19.5 Å². The van der Waals surface area contributed by atoms with E-state index in [2.05, 4.69) is 30.4 Å². The van der Waals surface area contributed by atoms with Crippen molar-refractivity contribution in [1.29, 1.82) is 0 Å². The standard InChI is InChI=1S/C27H28N2O2/c1-20-6-5-9-23(16-20)19-29(27(31)24-12-13-24)25-14-10-21(11-15-25)17-26(30)28-18-22-7-3-2-4-8-22/h2-11,14-16,24H,12-13,17-19H2,1H3,(H,28,30). The Morgan fingerprint density at radius 1 is 0.871 bits per heavy atom. The number of amides is 2. The zero-order valence-electron chi connectivity index (χ0n) is 17.9. The summed E-state index contributed by atoms with van der Waals surface area (Å²) in [5, 5.41) is 2.96. The predicted octanol–water partition coefficient (Wildman–Crippen LogP) is 4.80. The first kappa shape index (κ1) is 20.9. The predicted molar refractivity (Wildman–Crippen MR) is 124 cm³/mol. The molecule has 0 spiro atoms. The fraction of sp³-hybridized carbons (Fsp3) is 0.259.